The summed E-state index contributed by atoms with van der Waals surface area (Å²) in [5.74, 6) is -0.191. The molecule has 2 heterocycles. The van der Waals surface area contributed by atoms with E-state index in [2.05, 4.69) is 10.2 Å². The van der Waals surface area contributed by atoms with Gasteiger partial charge in [-0.1, -0.05) is 18.2 Å². The number of aryl methyl sites for hydroxylation is 1. The fraction of sp³-hybridized carbons (Fsp3) is 0.353. The monoisotopic (exact) mass is 315 g/mol. The number of methoxy groups -OCH3 is 1. The third-order valence-corrected chi connectivity index (χ3v) is 4.37. The number of primary amides is 1. The first-order valence-corrected chi connectivity index (χ1v) is 7.54. The number of hydrogen-bond donors (Lipinski definition) is 3. The molecular formula is C17H21N3O3. The summed E-state index contributed by atoms with van der Waals surface area (Å²) in [7, 11) is 1.64. The Morgan fingerprint density at radius 3 is 3.00 bits per heavy atom. The number of allylic oxidation sites excluding steroid dienone is 1. The third-order valence-electron chi connectivity index (χ3n) is 4.37. The summed E-state index contributed by atoms with van der Waals surface area (Å²) >= 11 is 0. The Balaban J connectivity index is 1.94. The SMILES string of the molecule is COC1Nc2c(ccc(C)c2O)CN2C=C(C=CC(N)=O)CC12. The van der Waals surface area contributed by atoms with Crippen LogP contribution in [0.5, 0.6) is 5.75 Å². The number of carbonyl (C=O) groups excluding carboxylic acids is 1. The molecule has 2 aliphatic rings. The summed E-state index contributed by atoms with van der Waals surface area (Å²) in [4.78, 5) is 13.1. The van der Waals surface area contributed by atoms with E-state index in [1.165, 1.54) is 6.08 Å². The molecule has 6 heteroatoms. The van der Waals surface area contributed by atoms with Gasteiger partial charge >= 0.3 is 0 Å². The normalized spacial score (nSPS) is 23.0. The van der Waals surface area contributed by atoms with Crippen LogP contribution in [-0.2, 0) is 16.1 Å². The van der Waals surface area contributed by atoms with Crippen LogP contribution < -0.4 is 11.1 Å². The zero-order chi connectivity index (χ0) is 16.6. The van der Waals surface area contributed by atoms with Crippen molar-refractivity contribution in [3.63, 3.8) is 0 Å². The molecule has 122 valence electrons. The van der Waals surface area contributed by atoms with Crippen molar-refractivity contribution in [1.29, 1.82) is 0 Å². The number of nitrogens with one attached hydrogen (secondary N) is 1. The van der Waals surface area contributed by atoms with Crippen LogP contribution in [0.1, 0.15) is 17.5 Å². The standard InChI is InChI=1S/C17H21N3O3/c1-10-3-5-12-9-20-8-11(4-6-14(18)21)7-13(20)17(23-2)19-15(12)16(10)22/h3-6,8,13,17,19,22H,7,9H2,1-2H3,(H2,18,21). The minimum atomic E-state index is -0.458. The van der Waals surface area contributed by atoms with Gasteiger partial charge in [-0.05, 0) is 30.0 Å². The van der Waals surface area contributed by atoms with Crippen LogP contribution >= 0.6 is 0 Å². The summed E-state index contributed by atoms with van der Waals surface area (Å²) in [6.07, 6.45) is 5.61. The molecule has 6 nitrogen and oxygen atoms in total. The lowest BCUT2D eigenvalue weighted by molar-refractivity contribution is -0.113. The van der Waals surface area contributed by atoms with E-state index in [4.69, 9.17) is 10.5 Å². The second-order valence-electron chi connectivity index (χ2n) is 5.95. The highest BCUT2D eigenvalue weighted by Gasteiger charge is 2.35. The van der Waals surface area contributed by atoms with Gasteiger partial charge in [0.2, 0.25) is 5.91 Å². The number of nitrogens with zero attached hydrogens (tertiary/aromatic N) is 1. The predicted molar refractivity (Wildman–Crippen MR) is 87.6 cm³/mol. The summed E-state index contributed by atoms with van der Waals surface area (Å²) in [5.41, 5.74) is 8.75. The lowest BCUT2D eigenvalue weighted by atomic mass is 10.1. The number of phenols is 1. The predicted octanol–water partition coefficient (Wildman–Crippen LogP) is 1.60. The van der Waals surface area contributed by atoms with Gasteiger partial charge in [-0.2, -0.15) is 0 Å². The quantitative estimate of drug-likeness (QED) is 0.582. The van der Waals surface area contributed by atoms with E-state index in [1.807, 2.05) is 25.3 Å². The van der Waals surface area contributed by atoms with E-state index in [-0.39, 0.29) is 18.0 Å². The van der Waals surface area contributed by atoms with E-state index in [0.29, 0.717) is 6.54 Å². The van der Waals surface area contributed by atoms with Gasteiger partial charge in [0.25, 0.3) is 0 Å². The van der Waals surface area contributed by atoms with E-state index in [1.54, 1.807) is 13.2 Å². The van der Waals surface area contributed by atoms with Crippen LogP contribution in [0.4, 0.5) is 5.69 Å². The average molecular weight is 315 g/mol. The fourth-order valence-corrected chi connectivity index (χ4v) is 3.15. The molecule has 0 aromatic heterocycles. The van der Waals surface area contributed by atoms with Crippen LogP contribution in [0.3, 0.4) is 0 Å². The number of aromatic hydroxyl groups is 1. The number of benzene rings is 1. The lowest BCUT2D eigenvalue weighted by Gasteiger charge is -2.29. The minimum Gasteiger partial charge on any atom is -0.505 e. The number of carbonyl (C=O) groups is 1. The lowest BCUT2D eigenvalue weighted by Crippen LogP contribution is -2.41. The third kappa shape index (κ3) is 2.90. The number of nitrogens with two attached hydrogens (primary N) is 1. The molecule has 0 radical (unpaired) electrons. The number of anilines is 1. The van der Waals surface area contributed by atoms with Gasteiger partial charge in [0.15, 0.2) is 0 Å². The van der Waals surface area contributed by atoms with Crippen molar-refractivity contribution in [2.45, 2.75) is 32.2 Å². The van der Waals surface area contributed by atoms with Gasteiger partial charge in [0.1, 0.15) is 12.0 Å². The van der Waals surface area contributed by atoms with E-state index >= 15 is 0 Å². The first kappa shape index (κ1) is 15.4. The van der Waals surface area contributed by atoms with Crippen LogP contribution in [0.2, 0.25) is 0 Å². The molecule has 1 amide bonds. The van der Waals surface area contributed by atoms with Crippen molar-refractivity contribution in [2.75, 3.05) is 12.4 Å². The molecule has 23 heavy (non-hydrogen) atoms. The topological polar surface area (TPSA) is 87.8 Å². The number of fused-ring (bicyclic) bond motifs is 2. The molecule has 2 unspecified atom stereocenters. The van der Waals surface area contributed by atoms with Gasteiger partial charge in [-0.25, -0.2) is 0 Å². The first-order chi connectivity index (χ1) is 11.0. The Morgan fingerprint density at radius 2 is 2.30 bits per heavy atom. The molecule has 0 spiro atoms. The first-order valence-electron chi connectivity index (χ1n) is 7.54. The van der Waals surface area contributed by atoms with Crippen LogP contribution in [0, 0.1) is 6.92 Å². The smallest absolute Gasteiger partial charge is 0.241 e. The second kappa shape index (κ2) is 5.96. The van der Waals surface area contributed by atoms with Crippen molar-refractivity contribution in [2.24, 2.45) is 5.73 Å². The summed E-state index contributed by atoms with van der Waals surface area (Å²) in [6, 6.07) is 4.00. The fourth-order valence-electron chi connectivity index (χ4n) is 3.15. The van der Waals surface area contributed by atoms with Crippen molar-refractivity contribution >= 4 is 11.6 Å². The maximum atomic E-state index is 10.9. The number of rotatable bonds is 3. The number of amides is 1. The molecule has 1 aromatic rings. The van der Waals surface area contributed by atoms with Gasteiger partial charge in [0, 0.05) is 25.9 Å². The van der Waals surface area contributed by atoms with E-state index in [9.17, 15) is 9.90 Å². The van der Waals surface area contributed by atoms with Gasteiger partial charge in [-0.15, -0.1) is 0 Å². The Hall–Kier alpha value is -2.47. The zero-order valence-electron chi connectivity index (χ0n) is 13.2. The number of ether oxygens (including phenoxy) is 1. The van der Waals surface area contributed by atoms with Crippen molar-refractivity contribution in [3.8, 4) is 5.75 Å². The van der Waals surface area contributed by atoms with Crippen LogP contribution in [0.25, 0.3) is 0 Å². The second-order valence-corrected chi connectivity index (χ2v) is 5.95. The molecule has 0 bridgehead atoms. The van der Waals surface area contributed by atoms with Crippen LogP contribution in [-0.4, -0.2) is 35.3 Å². The highest BCUT2D eigenvalue weighted by molar-refractivity contribution is 5.86. The largest absolute Gasteiger partial charge is 0.505 e. The van der Waals surface area contributed by atoms with Crippen molar-refractivity contribution in [3.05, 3.63) is 47.2 Å². The molecule has 4 N–H and O–H groups in total. The Labute approximate surface area is 135 Å². The number of phenolic OH excluding ortho intramolecular Hbond substituents is 1. The highest BCUT2D eigenvalue weighted by atomic mass is 16.5. The molecule has 1 aromatic carbocycles. The maximum Gasteiger partial charge on any atom is 0.241 e. The van der Waals surface area contributed by atoms with Crippen molar-refractivity contribution < 1.29 is 14.6 Å². The molecule has 0 saturated carbocycles. The molecule has 2 atom stereocenters. The Bertz CT molecular complexity index is 697. The van der Waals surface area contributed by atoms with E-state index < -0.39 is 5.91 Å². The molecule has 0 aliphatic carbocycles. The zero-order valence-corrected chi connectivity index (χ0v) is 13.2. The molecule has 0 fully saturated rings. The average Bonchev–Trinajstić information content (AvgIpc) is 2.85. The van der Waals surface area contributed by atoms with E-state index in [0.717, 1.165) is 28.8 Å². The van der Waals surface area contributed by atoms with Crippen LogP contribution in [0.15, 0.2) is 36.1 Å². The highest BCUT2D eigenvalue weighted by Crippen LogP contribution is 2.38. The van der Waals surface area contributed by atoms with Gasteiger partial charge in [-0.3, -0.25) is 4.79 Å². The molecular weight excluding hydrogens is 294 g/mol. The van der Waals surface area contributed by atoms with Gasteiger partial charge in [0.05, 0.1) is 11.7 Å². The number of hydrogen-bond acceptors (Lipinski definition) is 5. The molecule has 3 rings (SSSR count). The van der Waals surface area contributed by atoms with Crippen molar-refractivity contribution in [1.82, 2.24) is 4.90 Å². The van der Waals surface area contributed by atoms with Gasteiger partial charge < -0.3 is 25.8 Å². The summed E-state index contributed by atoms with van der Waals surface area (Å²) in [5, 5.41) is 13.6. The molecule has 2 aliphatic heterocycles. The summed E-state index contributed by atoms with van der Waals surface area (Å²) < 4.78 is 5.60. The molecule has 0 saturated heterocycles. The summed E-state index contributed by atoms with van der Waals surface area (Å²) in [6.45, 7) is 2.53. The Morgan fingerprint density at radius 1 is 1.52 bits per heavy atom. The maximum absolute atomic E-state index is 10.9. The Kier molecular flexibility index (Phi) is 4.00. The minimum absolute atomic E-state index is 0.0830.